The first-order chi connectivity index (χ1) is 3.43. The predicted molar refractivity (Wildman–Crippen MR) is 27.6 cm³/mol. The normalized spacial score (nSPS) is 28.3. The summed E-state index contributed by atoms with van der Waals surface area (Å²) in [6.45, 7) is 1.02. The summed E-state index contributed by atoms with van der Waals surface area (Å²) in [6, 6.07) is 0. The first-order valence-corrected chi connectivity index (χ1v) is 2.14. The second-order valence-electron chi connectivity index (χ2n) is 1.41. The van der Waals surface area contributed by atoms with Crippen LogP contribution in [0.2, 0.25) is 0 Å². The summed E-state index contributed by atoms with van der Waals surface area (Å²) in [4.78, 5) is 0. The molecule has 40 valence electrons. The molecule has 1 rings (SSSR count). The predicted octanol–water partition coefficient (Wildman–Crippen LogP) is -1.59. The third-order valence-electron chi connectivity index (χ3n) is 0.759. The van der Waals surface area contributed by atoms with Gasteiger partial charge in [0.1, 0.15) is 6.34 Å². The van der Waals surface area contributed by atoms with Crippen molar-refractivity contribution >= 4 is 6.34 Å². The van der Waals surface area contributed by atoms with Crippen molar-refractivity contribution in [3.05, 3.63) is 0 Å². The molecule has 0 aromatic rings. The molecule has 4 nitrogen and oxygen atoms in total. The standard InChI is InChI=1S/C3H8N4/c4-7-2-6-3-1-5-3/h2-3,5H,1,4H2,(H,6,7). The molecule has 1 heterocycles. The summed E-state index contributed by atoms with van der Waals surface area (Å²) in [5.41, 5.74) is 0. The second-order valence-corrected chi connectivity index (χ2v) is 1.41. The van der Waals surface area contributed by atoms with E-state index >= 15 is 0 Å². The summed E-state index contributed by atoms with van der Waals surface area (Å²) in [5, 5.41) is 9.13. The van der Waals surface area contributed by atoms with Gasteiger partial charge in [-0.15, -0.1) is 0 Å². The van der Waals surface area contributed by atoms with E-state index in [9.17, 15) is 0 Å². The molecule has 0 amide bonds. The zero-order chi connectivity index (χ0) is 5.11. The Kier molecular flexibility index (Phi) is 1.12. The Balaban J connectivity index is 1.98. The topological polar surface area (TPSA) is 72.3 Å². The molecular weight excluding hydrogens is 92.1 g/mol. The Morgan fingerprint density at radius 2 is 2.71 bits per heavy atom. The third-order valence-corrected chi connectivity index (χ3v) is 0.759. The average molecular weight is 100 g/mol. The lowest BCUT2D eigenvalue weighted by Crippen LogP contribution is -2.17. The van der Waals surface area contributed by atoms with E-state index in [4.69, 9.17) is 5.84 Å². The molecule has 0 spiro atoms. The van der Waals surface area contributed by atoms with E-state index in [1.54, 1.807) is 0 Å². The zero-order valence-corrected chi connectivity index (χ0v) is 3.89. The van der Waals surface area contributed by atoms with Crippen LogP contribution in [0.4, 0.5) is 0 Å². The van der Waals surface area contributed by atoms with Gasteiger partial charge in [-0.05, 0) is 0 Å². The van der Waals surface area contributed by atoms with Crippen molar-refractivity contribution in [2.24, 2.45) is 10.9 Å². The number of nitrogens with zero attached hydrogens (tertiary/aromatic N) is 1. The van der Waals surface area contributed by atoms with Crippen molar-refractivity contribution in [3.8, 4) is 0 Å². The molecule has 1 aliphatic rings. The van der Waals surface area contributed by atoms with E-state index in [2.05, 4.69) is 15.7 Å². The summed E-state index contributed by atoms with van der Waals surface area (Å²) in [6.07, 6.45) is 1.90. The van der Waals surface area contributed by atoms with Gasteiger partial charge in [0, 0.05) is 6.54 Å². The highest BCUT2D eigenvalue weighted by molar-refractivity contribution is 5.54. The van der Waals surface area contributed by atoms with Gasteiger partial charge in [0.25, 0.3) is 0 Å². The third kappa shape index (κ3) is 1.41. The van der Waals surface area contributed by atoms with Crippen LogP contribution in [0.1, 0.15) is 0 Å². The van der Waals surface area contributed by atoms with Crippen molar-refractivity contribution in [3.63, 3.8) is 0 Å². The second kappa shape index (κ2) is 1.79. The number of rotatable bonds is 2. The van der Waals surface area contributed by atoms with Gasteiger partial charge in [0.15, 0.2) is 0 Å². The molecule has 1 aliphatic heterocycles. The maximum Gasteiger partial charge on any atom is 0.109 e. The molecular formula is C3H8N4. The Bertz CT molecular complexity index is 75.0. The van der Waals surface area contributed by atoms with Crippen LogP contribution in [-0.4, -0.2) is 19.0 Å². The number of hydrogen-bond donors (Lipinski definition) is 3. The van der Waals surface area contributed by atoms with E-state index in [1.165, 1.54) is 6.34 Å². The van der Waals surface area contributed by atoms with Gasteiger partial charge in [0.05, 0.1) is 6.17 Å². The van der Waals surface area contributed by atoms with Gasteiger partial charge in [-0.1, -0.05) is 0 Å². The fourth-order valence-electron chi connectivity index (χ4n) is 0.310. The van der Waals surface area contributed by atoms with Gasteiger partial charge < -0.3 is 11.2 Å². The monoisotopic (exact) mass is 100 g/mol. The molecule has 0 saturated carbocycles. The summed E-state index contributed by atoms with van der Waals surface area (Å²) < 4.78 is 0. The molecule has 0 bridgehead atoms. The fraction of sp³-hybridized carbons (Fsp3) is 0.667. The maximum absolute atomic E-state index is 4.78. The van der Waals surface area contributed by atoms with E-state index in [0.717, 1.165) is 6.54 Å². The van der Waals surface area contributed by atoms with E-state index in [-0.39, 0.29) is 0 Å². The summed E-state index contributed by atoms with van der Waals surface area (Å²) >= 11 is 0. The van der Waals surface area contributed by atoms with Gasteiger partial charge in [0.2, 0.25) is 0 Å². The van der Waals surface area contributed by atoms with Gasteiger partial charge in [-0.3, -0.25) is 5.32 Å². The Morgan fingerprint density at radius 3 is 3.14 bits per heavy atom. The van der Waals surface area contributed by atoms with E-state index in [0.29, 0.717) is 6.17 Å². The smallest absolute Gasteiger partial charge is 0.109 e. The number of hydrogen-bond acceptors (Lipinski definition) is 3. The molecule has 1 atom stereocenters. The van der Waals surface area contributed by atoms with Gasteiger partial charge in [-0.25, -0.2) is 0 Å². The highest BCUT2D eigenvalue weighted by Crippen LogP contribution is 1.85. The molecule has 1 unspecified atom stereocenters. The minimum absolute atomic E-state index is 0.423. The van der Waals surface area contributed by atoms with Crippen LogP contribution in [0.15, 0.2) is 5.10 Å². The van der Waals surface area contributed by atoms with Crippen molar-refractivity contribution < 1.29 is 0 Å². The maximum atomic E-state index is 4.78. The Hall–Kier alpha value is -0.770. The Labute approximate surface area is 41.8 Å². The molecule has 0 aliphatic carbocycles. The van der Waals surface area contributed by atoms with Crippen molar-refractivity contribution in [1.29, 1.82) is 0 Å². The highest BCUT2D eigenvalue weighted by atomic mass is 15.3. The lowest BCUT2D eigenvalue weighted by molar-refractivity contribution is 0.896. The van der Waals surface area contributed by atoms with Crippen molar-refractivity contribution in [1.82, 2.24) is 10.6 Å². The van der Waals surface area contributed by atoms with Crippen LogP contribution in [0.3, 0.4) is 0 Å². The van der Waals surface area contributed by atoms with Crippen molar-refractivity contribution in [2.75, 3.05) is 6.54 Å². The lowest BCUT2D eigenvalue weighted by atomic mass is 10.8. The van der Waals surface area contributed by atoms with Crippen LogP contribution in [0, 0.1) is 0 Å². The van der Waals surface area contributed by atoms with Crippen LogP contribution >= 0.6 is 0 Å². The van der Waals surface area contributed by atoms with Gasteiger partial charge in [-0.2, -0.15) is 5.10 Å². The minimum atomic E-state index is 0.423. The van der Waals surface area contributed by atoms with E-state index in [1.807, 2.05) is 0 Å². The molecule has 0 aromatic carbocycles. The molecule has 7 heavy (non-hydrogen) atoms. The molecule has 4 heteroatoms. The average Bonchev–Trinajstić information content (AvgIpc) is 2.42. The SMILES string of the molecule is NN=CNC1CN1. The van der Waals surface area contributed by atoms with Crippen LogP contribution in [0.25, 0.3) is 0 Å². The fourth-order valence-corrected chi connectivity index (χ4v) is 0.310. The van der Waals surface area contributed by atoms with Crippen LogP contribution < -0.4 is 16.5 Å². The van der Waals surface area contributed by atoms with Crippen LogP contribution in [-0.2, 0) is 0 Å². The minimum Gasteiger partial charge on any atom is -0.358 e. The molecule has 0 aromatic heterocycles. The number of nitrogens with one attached hydrogen (secondary N) is 2. The number of nitrogens with two attached hydrogens (primary N) is 1. The van der Waals surface area contributed by atoms with Crippen molar-refractivity contribution in [2.45, 2.75) is 6.17 Å². The molecule has 4 N–H and O–H groups in total. The number of hydrazone groups is 1. The summed E-state index contributed by atoms with van der Waals surface area (Å²) in [5.74, 6) is 4.78. The first-order valence-electron chi connectivity index (χ1n) is 2.14. The first kappa shape index (κ1) is 4.39. The molecule has 1 saturated heterocycles. The quantitative estimate of drug-likeness (QED) is 0.129. The summed E-state index contributed by atoms with van der Waals surface area (Å²) in [7, 11) is 0. The molecule has 1 fully saturated rings. The van der Waals surface area contributed by atoms with E-state index < -0.39 is 0 Å². The lowest BCUT2D eigenvalue weighted by Gasteiger charge is -1.86. The van der Waals surface area contributed by atoms with Crippen LogP contribution in [0.5, 0.6) is 0 Å². The van der Waals surface area contributed by atoms with Gasteiger partial charge >= 0.3 is 0 Å². The Morgan fingerprint density at radius 1 is 2.00 bits per heavy atom. The molecule has 0 radical (unpaired) electrons. The zero-order valence-electron chi connectivity index (χ0n) is 3.89. The largest absolute Gasteiger partial charge is 0.358 e. The highest BCUT2D eigenvalue weighted by Gasteiger charge is 2.16.